The molecular weight excluding hydrogens is 310 g/mol. The number of hydrogen-bond donors (Lipinski definition) is 0. The van der Waals surface area contributed by atoms with Gasteiger partial charge in [-0.25, -0.2) is 0 Å². The van der Waals surface area contributed by atoms with Gasteiger partial charge >= 0.3 is 0 Å². The summed E-state index contributed by atoms with van der Waals surface area (Å²) in [6, 6.07) is 0. The summed E-state index contributed by atoms with van der Waals surface area (Å²) in [4.78, 5) is 0. The Kier molecular flexibility index (Phi) is 8.18. The number of hydrogen-bond acceptors (Lipinski definition) is 4. The molecule has 130 valence electrons. The summed E-state index contributed by atoms with van der Waals surface area (Å²) in [6.45, 7) is 21.8. The second-order valence-electron chi connectivity index (χ2n) is 8.53. The summed E-state index contributed by atoms with van der Waals surface area (Å²) in [5.41, 5.74) is -0.209. The molecule has 0 rings (SSSR count). The van der Waals surface area contributed by atoms with E-state index in [4.69, 9.17) is 14.7 Å². The summed E-state index contributed by atoms with van der Waals surface area (Å²) in [5, 5.41) is 10.8. The molecule has 0 saturated heterocycles. The van der Waals surface area contributed by atoms with E-state index in [2.05, 4.69) is 67.0 Å². The first-order valence-electron chi connectivity index (χ1n) is 8.06. The summed E-state index contributed by atoms with van der Waals surface area (Å²) >= 11 is 1.24. The van der Waals surface area contributed by atoms with Crippen molar-refractivity contribution in [3.63, 3.8) is 0 Å². The molecule has 0 fully saturated rings. The van der Waals surface area contributed by atoms with Crippen molar-refractivity contribution in [3.05, 3.63) is 0 Å². The van der Waals surface area contributed by atoms with Crippen LogP contribution in [-0.4, -0.2) is 37.9 Å². The van der Waals surface area contributed by atoms with Crippen molar-refractivity contribution in [2.75, 3.05) is 19.0 Å². The third-order valence-corrected chi connectivity index (χ3v) is 12.7. The van der Waals surface area contributed by atoms with E-state index >= 15 is 0 Å². The predicted octanol–water partition coefficient (Wildman–Crippen LogP) is 5.23. The second-order valence-corrected chi connectivity index (χ2v) is 15.4. The van der Waals surface area contributed by atoms with Gasteiger partial charge in [0.1, 0.15) is 5.40 Å². The Hall–Kier alpha value is -0.0231. The van der Waals surface area contributed by atoms with Crippen LogP contribution >= 0.6 is 11.8 Å². The maximum atomic E-state index is 8.51. The lowest BCUT2D eigenvalue weighted by molar-refractivity contribution is -0.0502. The average molecular weight is 346 g/mol. The molecule has 0 unspecified atom stereocenters. The molecule has 0 aromatic heterocycles. The Morgan fingerprint density at radius 2 is 1.50 bits per heavy atom. The van der Waals surface area contributed by atoms with Gasteiger partial charge in [-0.2, -0.15) is 5.26 Å². The van der Waals surface area contributed by atoms with Gasteiger partial charge in [0.15, 0.2) is 0 Å². The SMILES string of the molecule is CC(C)(CCOC(C)(C)[Si](C)(C)C(C)(C)C)OCCSC#N. The second kappa shape index (κ2) is 8.19. The van der Waals surface area contributed by atoms with E-state index in [1.165, 1.54) is 11.8 Å². The van der Waals surface area contributed by atoms with E-state index in [-0.39, 0.29) is 10.8 Å². The molecule has 0 bridgehead atoms. The molecule has 0 spiro atoms. The maximum absolute atomic E-state index is 8.51. The summed E-state index contributed by atoms with van der Waals surface area (Å²) in [6.07, 6.45) is 0.863. The minimum Gasteiger partial charge on any atom is -0.379 e. The molecule has 0 aromatic rings. The highest BCUT2D eigenvalue weighted by Gasteiger charge is 2.48. The first kappa shape index (κ1) is 22.0. The van der Waals surface area contributed by atoms with E-state index < -0.39 is 8.07 Å². The number of nitriles is 1. The number of thiocyanates is 1. The van der Waals surface area contributed by atoms with Crippen LogP contribution in [0.25, 0.3) is 0 Å². The highest BCUT2D eigenvalue weighted by Crippen LogP contribution is 2.44. The molecule has 0 saturated carbocycles. The molecular formula is C17H35NO2SSi. The molecule has 0 amide bonds. The van der Waals surface area contributed by atoms with Crippen LogP contribution in [0.5, 0.6) is 0 Å². The number of nitrogens with zero attached hydrogens (tertiary/aromatic N) is 1. The molecule has 0 heterocycles. The van der Waals surface area contributed by atoms with Crippen molar-refractivity contribution >= 4 is 19.8 Å². The zero-order chi connectivity index (χ0) is 17.7. The first-order valence-corrected chi connectivity index (χ1v) is 12.0. The zero-order valence-corrected chi connectivity index (χ0v) is 17.8. The van der Waals surface area contributed by atoms with Gasteiger partial charge in [0.25, 0.3) is 0 Å². The van der Waals surface area contributed by atoms with Gasteiger partial charge in [0, 0.05) is 12.4 Å². The van der Waals surface area contributed by atoms with Crippen LogP contribution in [0, 0.1) is 10.7 Å². The van der Waals surface area contributed by atoms with Crippen molar-refractivity contribution in [1.82, 2.24) is 0 Å². The molecule has 0 atom stereocenters. The van der Waals surface area contributed by atoms with E-state index in [9.17, 15) is 0 Å². The van der Waals surface area contributed by atoms with Gasteiger partial charge in [-0.15, -0.1) is 0 Å². The minimum atomic E-state index is -1.57. The van der Waals surface area contributed by atoms with E-state index in [0.29, 0.717) is 18.3 Å². The fourth-order valence-corrected chi connectivity index (χ4v) is 4.64. The fraction of sp³-hybridized carbons (Fsp3) is 0.941. The van der Waals surface area contributed by atoms with Crippen LogP contribution in [0.4, 0.5) is 0 Å². The maximum Gasteiger partial charge on any atom is 0.133 e. The van der Waals surface area contributed by atoms with Crippen molar-refractivity contribution < 1.29 is 9.47 Å². The molecule has 0 aliphatic carbocycles. The van der Waals surface area contributed by atoms with Crippen molar-refractivity contribution in [2.45, 2.75) is 83.8 Å². The lowest BCUT2D eigenvalue weighted by atomic mass is 10.1. The van der Waals surface area contributed by atoms with Crippen LogP contribution in [0.1, 0.15) is 54.9 Å². The topological polar surface area (TPSA) is 42.2 Å². The van der Waals surface area contributed by atoms with Gasteiger partial charge in [-0.1, -0.05) is 33.9 Å². The van der Waals surface area contributed by atoms with Crippen LogP contribution in [0.2, 0.25) is 18.1 Å². The van der Waals surface area contributed by atoms with Gasteiger partial charge in [-0.3, -0.25) is 0 Å². The smallest absolute Gasteiger partial charge is 0.133 e. The first-order chi connectivity index (χ1) is 9.77. The molecule has 3 nitrogen and oxygen atoms in total. The molecule has 0 aromatic carbocycles. The number of ether oxygens (including phenoxy) is 2. The molecule has 0 aliphatic heterocycles. The Balaban J connectivity index is 4.41. The van der Waals surface area contributed by atoms with Gasteiger partial charge in [0.05, 0.1) is 25.5 Å². The fourth-order valence-electron chi connectivity index (χ4n) is 2.11. The summed E-state index contributed by atoms with van der Waals surface area (Å²) in [5.74, 6) is 0.719. The number of rotatable bonds is 9. The average Bonchev–Trinajstić information content (AvgIpc) is 2.32. The van der Waals surface area contributed by atoms with Gasteiger partial charge in [0.2, 0.25) is 0 Å². The lowest BCUT2D eigenvalue weighted by Gasteiger charge is -2.48. The molecule has 0 radical (unpaired) electrons. The van der Waals surface area contributed by atoms with Crippen LogP contribution < -0.4 is 0 Å². The highest BCUT2D eigenvalue weighted by molar-refractivity contribution is 8.03. The Morgan fingerprint density at radius 3 is 1.95 bits per heavy atom. The summed E-state index contributed by atoms with van der Waals surface area (Å²) < 4.78 is 12.2. The zero-order valence-electron chi connectivity index (χ0n) is 16.0. The van der Waals surface area contributed by atoms with Crippen LogP contribution in [0.15, 0.2) is 0 Å². The quantitative estimate of drug-likeness (QED) is 0.326. The lowest BCUT2D eigenvalue weighted by Crippen LogP contribution is -2.58. The number of thioether (sulfide) groups is 1. The van der Waals surface area contributed by atoms with Gasteiger partial charge in [-0.05, 0) is 50.9 Å². The minimum absolute atomic E-state index is 0.0714. The third kappa shape index (κ3) is 6.62. The largest absolute Gasteiger partial charge is 0.379 e. The molecule has 0 aliphatic rings. The Morgan fingerprint density at radius 1 is 0.955 bits per heavy atom. The Bertz CT molecular complexity index is 381. The molecule has 5 heteroatoms. The van der Waals surface area contributed by atoms with Crippen molar-refractivity contribution in [1.29, 1.82) is 5.26 Å². The molecule has 0 N–H and O–H groups in total. The highest BCUT2D eigenvalue weighted by atomic mass is 32.2. The Labute approximate surface area is 143 Å². The normalized spacial score (nSPS) is 14.0. The van der Waals surface area contributed by atoms with E-state index in [1.807, 2.05) is 0 Å². The van der Waals surface area contributed by atoms with Crippen molar-refractivity contribution in [2.24, 2.45) is 0 Å². The van der Waals surface area contributed by atoms with Crippen molar-refractivity contribution in [3.8, 4) is 5.40 Å². The van der Waals surface area contributed by atoms with E-state index in [0.717, 1.165) is 12.2 Å². The molecule has 22 heavy (non-hydrogen) atoms. The van der Waals surface area contributed by atoms with E-state index in [1.54, 1.807) is 0 Å². The van der Waals surface area contributed by atoms with Crippen LogP contribution in [-0.2, 0) is 9.47 Å². The standard InChI is InChI=1S/C17H35NO2SSi/c1-15(2,3)22(8,9)17(6,7)20-11-10-16(4,5)19-12-13-21-14-18/h10-13H2,1-9H3. The monoisotopic (exact) mass is 345 g/mol. The predicted molar refractivity (Wildman–Crippen MR) is 99.9 cm³/mol. The summed E-state index contributed by atoms with van der Waals surface area (Å²) in [7, 11) is -1.57. The van der Waals surface area contributed by atoms with Gasteiger partial charge < -0.3 is 9.47 Å². The third-order valence-electron chi connectivity index (χ3n) is 5.29. The van der Waals surface area contributed by atoms with Crippen LogP contribution in [0.3, 0.4) is 0 Å².